The molecule has 0 radical (unpaired) electrons. The minimum atomic E-state index is 0.479. The Morgan fingerprint density at radius 3 is 2.74 bits per heavy atom. The predicted octanol–water partition coefficient (Wildman–Crippen LogP) is 3.43. The highest BCUT2D eigenvalue weighted by Crippen LogP contribution is 2.47. The molecule has 2 atom stereocenters. The summed E-state index contributed by atoms with van der Waals surface area (Å²) in [5, 5.41) is 4.63. The van der Waals surface area contributed by atoms with Crippen LogP contribution in [0.3, 0.4) is 0 Å². The van der Waals surface area contributed by atoms with E-state index in [1.807, 2.05) is 11.7 Å². The molecule has 0 aromatic carbocycles. The molecule has 2 heterocycles. The summed E-state index contributed by atoms with van der Waals surface area (Å²) in [7, 11) is 2.01. The summed E-state index contributed by atoms with van der Waals surface area (Å²) in [6.45, 7) is 4.43. The lowest BCUT2D eigenvalue weighted by Crippen LogP contribution is -2.06. The van der Waals surface area contributed by atoms with Crippen molar-refractivity contribution in [2.45, 2.75) is 51.5 Å². The second-order valence-electron chi connectivity index (χ2n) is 5.50. The monoisotopic (exact) mass is 280 g/mol. The van der Waals surface area contributed by atoms with Crippen LogP contribution in [0.2, 0.25) is 0 Å². The molecule has 5 heteroatoms. The van der Waals surface area contributed by atoms with Crippen LogP contribution in [0.5, 0.6) is 0 Å². The molecule has 0 N–H and O–H groups in total. The SMILES string of the molecule is CCCc1nn(C)c2c1nc(CCl)n2C1CC1CC. The van der Waals surface area contributed by atoms with E-state index in [0.29, 0.717) is 11.9 Å². The van der Waals surface area contributed by atoms with Gasteiger partial charge in [0.05, 0.1) is 11.6 Å². The highest BCUT2D eigenvalue weighted by Gasteiger charge is 2.40. The van der Waals surface area contributed by atoms with Crippen LogP contribution < -0.4 is 0 Å². The van der Waals surface area contributed by atoms with Crippen molar-refractivity contribution >= 4 is 22.8 Å². The van der Waals surface area contributed by atoms with Crippen molar-refractivity contribution in [3.8, 4) is 0 Å². The summed E-state index contributed by atoms with van der Waals surface area (Å²) in [4.78, 5) is 4.75. The summed E-state index contributed by atoms with van der Waals surface area (Å²) in [5.41, 5.74) is 3.32. The zero-order chi connectivity index (χ0) is 13.6. The maximum Gasteiger partial charge on any atom is 0.158 e. The Morgan fingerprint density at radius 1 is 1.37 bits per heavy atom. The maximum atomic E-state index is 6.09. The van der Waals surface area contributed by atoms with E-state index in [2.05, 4.69) is 23.5 Å². The van der Waals surface area contributed by atoms with Gasteiger partial charge in [0.25, 0.3) is 0 Å². The molecule has 1 saturated carbocycles. The van der Waals surface area contributed by atoms with Gasteiger partial charge in [-0.15, -0.1) is 11.6 Å². The largest absolute Gasteiger partial charge is 0.308 e. The van der Waals surface area contributed by atoms with Crippen molar-refractivity contribution in [3.63, 3.8) is 0 Å². The zero-order valence-corrected chi connectivity index (χ0v) is 12.6. The molecule has 104 valence electrons. The molecule has 0 bridgehead atoms. The van der Waals surface area contributed by atoms with Crippen LogP contribution in [-0.4, -0.2) is 19.3 Å². The van der Waals surface area contributed by atoms with E-state index in [1.54, 1.807) is 0 Å². The van der Waals surface area contributed by atoms with E-state index in [0.717, 1.165) is 41.4 Å². The van der Waals surface area contributed by atoms with Crippen LogP contribution in [0.4, 0.5) is 0 Å². The van der Waals surface area contributed by atoms with Crippen molar-refractivity contribution < 1.29 is 0 Å². The van der Waals surface area contributed by atoms with Gasteiger partial charge in [-0.1, -0.05) is 26.7 Å². The van der Waals surface area contributed by atoms with Gasteiger partial charge in [-0.3, -0.25) is 4.68 Å². The molecule has 19 heavy (non-hydrogen) atoms. The fourth-order valence-electron chi connectivity index (χ4n) is 3.08. The summed E-state index contributed by atoms with van der Waals surface area (Å²) < 4.78 is 4.32. The Kier molecular flexibility index (Phi) is 3.29. The van der Waals surface area contributed by atoms with Crippen molar-refractivity contribution in [1.29, 1.82) is 0 Å². The number of hydrogen-bond donors (Lipinski definition) is 0. The van der Waals surface area contributed by atoms with Crippen molar-refractivity contribution in [1.82, 2.24) is 19.3 Å². The normalized spacial score (nSPS) is 22.3. The first kappa shape index (κ1) is 13.0. The van der Waals surface area contributed by atoms with Crippen LogP contribution in [0.15, 0.2) is 0 Å². The van der Waals surface area contributed by atoms with Gasteiger partial charge in [-0.05, 0) is 18.8 Å². The highest BCUT2D eigenvalue weighted by atomic mass is 35.5. The average molecular weight is 281 g/mol. The van der Waals surface area contributed by atoms with Crippen LogP contribution in [0.1, 0.15) is 50.7 Å². The fourth-order valence-corrected chi connectivity index (χ4v) is 3.27. The quantitative estimate of drug-likeness (QED) is 0.787. The fraction of sp³-hybridized carbons (Fsp3) is 0.714. The van der Waals surface area contributed by atoms with Gasteiger partial charge in [0.2, 0.25) is 0 Å². The number of halogens is 1. The van der Waals surface area contributed by atoms with Gasteiger partial charge in [0.1, 0.15) is 11.3 Å². The van der Waals surface area contributed by atoms with Crippen LogP contribution >= 0.6 is 11.6 Å². The third kappa shape index (κ3) is 1.97. The molecule has 2 unspecified atom stereocenters. The molecule has 3 rings (SSSR count). The smallest absolute Gasteiger partial charge is 0.158 e. The molecule has 0 spiro atoms. The predicted molar refractivity (Wildman–Crippen MR) is 77.5 cm³/mol. The zero-order valence-electron chi connectivity index (χ0n) is 11.9. The minimum Gasteiger partial charge on any atom is -0.308 e. The summed E-state index contributed by atoms with van der Waals surface area (Å²) in [6.07, 6.45) is 4.56. The van der Waals surface area contributed by atoms with Gasteiger partial charge >= 0.3 is 0 Å². The Hall–Kier alpha value is -1.03. The molecule has 1 fully saturated rings. The van der Waals surface area contributed by atoms with Crippen LogP contribution in [0, 0.1) is 5.92 Å². The number of alkyl halides is 1. The summed E-state index contributed by atoms with van der Waals surface area (Å²) in [5.74, 6) is 2.26. The van der Waals surface area contributed by atoms with E-state index in [9.17, 15) is 0 Å². The lowest BCUT2D eigenvalue weighted by atomic mass is 10.2. The van der Waals surface area contributed by atoms with Gasteiger partial charge in [0, 0.05) is 13.1 Å². The molecule has 1 aliphatic carbocycles. The second kappa shape index (κ2) is 4.82. The molecule has 4 nitrogen and oxygen atoms in total. The number of fused-ring (bicyclic) bond motifs is 1. The summed E-state index contributed by atoms with van der Waals surface area (Å²) in [6, 6.07) is 0.577. The first-order valence-electron chi connectivity index (χ1n) is 7.19. The lowest BCUT2D eigenvalue weighted by molar-refractivity contribution is 0.613. The average Bonchev–Trinajstić information content (AvgIpc) is 2.99. The molecule has 1 aliphatic rings. The Balaban J connectivity index is 2.13. The molecular weight excluding hydrogens is 260 g/mol. The standard InChI is InChI=1S/C14H21ClN4/c1-4-6-10-13-14(18(3)17-10)19(12(8-15)16-13)11-7-9(11)5-2/h9,11H,4-8H2,1-3H3. The number of nitrogens with zero attached hydrogens (tertiary/aromatic N) is 4. The van der Waals surface area contributed by atoms with E-state index in [4.69, 9.17) is 16.6 Å². The number of aryl methyl sites for hydroxylation is 2. The van der Waals surface area contributed by atoms with E-state index in [-0.39, 0.29) is 0 Å². The third-order valence-corrected chi connectivity index (χ3v) is 4.40. The van der Waals surface area contributed by atoms with Crippen LogP contribution in [-0.2, 0) is 19.3 Å². The van der Waals surface area contributed by atoms with Gasteiger partial charge in [0.15, 0.2) is 5.65 Å². The van der Waals surface area contributed by atoms with E-state index in [1.165, 1.54) is 12.8 Å². The molecule has 2 aromatic heterocycles. The molecule has 0 saturated heterocycles. The minimum absolute atomic E-state index is 0.479. The lowest BCUT2D eigenvalue weighted by Gasteiger charge is -2.07. The first-order chi connectivity index (χ1) is 9.21. The molecule has 0 amide bonds. The van der Waals surface area contributed by atoms with Gasteiger partial charge < -0.3 is 4.57 Å². The Bertz CT molecular complexity index is 598. The number of aromatic nitrogens is 4. The van der Waals surface area contributed by atoms with E-state index < -0.39 is 0 Å². The topological polar surface area (TPSA) is 35.6 Å². The van der Waals surface area contributed by atoms with Crippen molar-refractivity contribution in [2.24, 2.45) is 13.0 Å². The van der Waals surface area contributed by atoms with E-state index >= 15 is 0 Å². The Morgan fingerprint density at radius 2 is 2.16 bits per heavy atom. The van der Waals surface area contributed by atoms with Gasteiger partial charge in [-0.2, -0.15) is 5.10 Å². The van der Waals surface area contributed by atoms with Crippen LogP contribution in [0.25, 0.3) is 11.2 Å². The van der Waals surface area contributed by atoms with Gasteiger partial charge in [-0.25, -0.2) is 4.98 Å². The number of imidazole rings is 1. The molecule has 0 aliphatic heterocycles. The summed E-state index contributed by atoms with van der Waals surface area (Å²) >= 11 is 6.09. The number of hydrogen-bond acceptors (Lipinski definition) is 2. The second-order valence-corrected chi connectivity index (χ2v) is 5.76. The maximum absolute atomic E-state index is 6.09. The highest BCUT2D eigenvalue weighted by molar-refractivity contribution is 6.16. The molecule has 2 aromatic rings. The molecular formula is C14H21ClN4. The van der Waals surface area contributed by atoms with Crippen molar-refractivity contribution in [2.75, 3.05) is 0 Å². The first-order valence-corrected chi connectivity index (χ1v) is 7.73. The van der Waals surface area contributed by atoms with Crippen molar-refractivity contribution in [3.05, 3.63) is 11.5 Å². The number of rotatable bonds is 5. The third-order valence-electron chi connectivity index (χ3n) is 4.16. The Labute approximate surface area is 118 Å².